The Hall–Kier alpha value is -0.970. The first-order valence-electron chi connectivity index (χ1n) is 5.90. The molecule has 18 heavy (non-hydrogen) atoms. The summed E-state index contributed by atoms with van der Waals surface area (Å²) in [5.41, 5.74) is -0.218. The van der Waals surface area contributed by atoms with Gasteiger partial charge in [0.15, 0.2) is 0 Å². The normalized spacial score (nSPS) is 23.1. The number of hydrogen-bond acceptors (Lipinski definition) is 1. The van der Waals surface area contributed by atoms with Crippen molar-refractivity contribution in [2.75, 3.05) is 0 Å². The van der Waals surface area contributed by atoms with Crippen molar-refractivity contribution in [2.45, 2.75) is 37.1 Å². The molecule has 98 valence electrons. The number of carbonyl (C=O) groups excluding carboxylic acids is 1. The van der Waals surface area contributed by atoms with E-state index in [1.165, 1.54) is 13.0 Å². The highest BCUT2D eigenvalue weighted by Gasteiger charge is 2.28. The Balaban J connectivity index is 2.21. The molecule has 1 aliphatic rings. The van der Waals surface area contributed by atoms with E-state index in [-0.39, 0.29) is 16.4 Å². The Morgan fingerprint density at radius 1 is 1.39 bits per heavy atom. The first-order valence-corrected chi connectivity index (χ1v) is 6.82. The van der Waals surface area contributed by atoms with Crippen LogP contribution in [-0.4, -0.2) is 16.8 Å². The number of carbonyl (C=O) groups is 1. The Morgan fingerprint density at radius 3 is 2.72 bits per heavy atom. The highest BCUT2D eigenvalue weighted by molar-refractivity contribution is 9.09. The van der Waals surface area contributed by atoms with Gasteiger partial charge in [-0.25, -0.2) is 8.78 Å². The summed E-state index contributed by atoms with van der Waals surface area (Å²) in [7, 11) is 0. The number of aryl methyl sites for hydroxylation is 1. The molecular weight excluding hydrogens is 304 g/mol. The zero-order valence-electron chi connectivity index (χ0n) is 9.97. The van der Waals surface area contributed by atoms with E-state index in [0.717, 1.165) is 25.3 Å². The molecule has 1 aliphatic carbocycles. The summed E-state index contributed by atoms with van der Waals surface area (Å²) in [5.74, 6) is -2.28. The third kappa shape index (κ3) is 2.55. The average molecular weight is 318 g/mol. The van der Waals surface area contributed by atoms with Crippen LogP contribution in [0.15, 0.2) is 12.1 Å². The van der Waals surface area contributed by atoms with Crippen LogP contribution >= 0.6 is 15.9 Å². The fraction of sp³-hybridized carbons (Fsp3) is 0.462. The Bertz CT molecular complexity index is 478. The number of halogens is 3. The van der Waals surface area contributed by atoms with Crippen LogP contribution in [0.3, 0.4) is 0 Å². The molecule has 2 rings (SSSR count). The molecule has 0 saturated heterocycles. The number of rotatable bonds is 2. The van der Waals surface area contributed by atoms with Gasteiger partial charge in [-0.3, -0.25) is 4.79 Å². The van der Waals surface area contributed by atoms with Gasteiger partial charge in [-0.05, 0) is 31.4 Å². The molecule has 0 radical (unpaired) electrons. The van der Waals surface area contributed by atoms with E-state index in [0.29, 0.717) is 0 Å². The molecule has 0 spiro atoms. The van der Waals surface area contributed by atoms with Crippen molar-refractivity contribution in [3.8, 4) is 0 Å². The monoisotopic (exact) mass is 317 g/mol. The lowest BCUT2D eigenvalue weighted by Crippen LogP contribution is -2.38. The van der Waals surface area contributed by atoms with Crippen LogP contribution in [0.1, 0.15) is 35.2 Å². The standard InChI is InChI=1S/C13H14BrF2NO/c1-7-5-6-9(15)11(12(7)16)13(18)17-10-4-2-3-8(10)14/h5-6,8,10H,2-4H2,1H3,(H,17,18). The molecule has 2 nitrogen and oxygen atoms in total. The summed E-state index contributed by atoms with van der Waals surface area (Å²) in [6, 6.07) is 2.38. The third-order valence-electron chi connectivity index (χ3n) is 3.26. The van der Waals surface area contributed by atoms with Crippen LogP contribution in [-0.2, 0) is 0 Å². The minimum absolute atomic E-state index is 0.0585. The number of nitrogens with one attached hydrogen (secondary N) is 1. The largest absolute Gasteiger partial charge is 0.348 e. The predicted molar refractivity (Wildman–Crippen MR) is 68.9 cm³/mol. The maximum Gasteiger partial charge on any atom is 0.257 e. The molecule has 0 aliphatic heterocycles. The quantitative estimate of drug-likeness (QED) is 0.833. The minimum atomic E-state index is -0.820. The zero-order chi connectivity index (χ0) is 13.3. The number of alkyl halides is 1. The van der Waals surface area contributed by atoms with Crippen molar-refractivity contribution >= 4 is 21.8 Å². The molecule has 1 N–H and O–H groups in total. The van der Waals surface area contributed by atoms with Crippen LogP contribution in [0.2, 0.25) is 0 Å². The summed E-state index contributed by atoms with van der Waals surface area (Å²) in [6.45, 7) is 1.51. The SMILES string of the molecule is Cc1ccc(F)c(C(=O)NC2CCCC2Br)c1F. The van der Waals surface area contributed by atoms with Crippen molar-refractivity contribution in [3.05, 3.63) is 34.9 Å². The molecule has 1 saturated carbocycles. The van der Waals surface area contributed by atoms with E-state index in [1.54, 1.807) is 0 Å². The smallest absolute Gasteiger partial charge is 0.257 e. The second-order valence-electron chi connectivity index (χ2n) is 4.58. The lowest BCUT2D eigenvalue weighted by atomic mass is 10.1. The van der Waals surface area contributed by atoms with Gasteiger partial charge in [0, 0.05) is 10.9 Å². The topological polar surface area (TPSA) is 29.1 Å². The maximum atomic E-state index is 13.8. The Labute approximate surface area is 113 Å². The van der Waals surface area contributed by atoms with Gasteiger partial charge in [-0.15, -0.1) is 0 Å². The van der Waals surface area contributed by atoms with Gasteiger partial charge in [0.25, 0.3) is 5.91 Å². The first-order chi connectivity index (χ1) is 8.50. The molecular formula is C13H14BrF2NO. The van der Waals surface area contributed by atoms with Crippen LogP contribution in [0, 0.1) is 18.6 Å². The summed E-state index contributed by atoms with van der Waals surface area (Å²) in [5, 5.41) is 2.69. The van der Waals surface area contributed by atoms with Crippen molar-refractivity contribution in [2.24, 2.45) is 0 Å². The Morgan fingerprint density at radius 2 is 2.11 bits per heavy atom. The van der Waals surface area contributed by atoms with Crippen molar-refractivity contribution < 1.29 is 13.6 Å². The molecule has 2 atom stereocenters. The van der Waals surface area contributed by atoms with E-state index >= 15 is 0 Å². The summed E-state index contributed by atoms with van der Waals surface area (Å²) >= 11 is 3.46. The van der Waals surface area contributed by atoms with Gasteiger partial charge in [-0.1, -0.05) is 28.4 Å². The van der Waals surface area contributed by atoms with Crippen LogP contribution < -0.4 is 5.32 Å². The molecule has 1 aromatic carbocycles. The molecule has 1 aromatic rings. The van der Waals surface area contributed by atoms with Crippen LogP contribution in [0.25, 0.3) is 0 Å². The van der Waals surface area contributed by atoms with Gasteiger partial charge in [-0.2, -0.15) is 0 Å². The summed E-state index contributed by atoms with van der Waals surface area (Å²) < 4.78 is 27.3. The van der Waals surface area contributed by atoms with E-state index in [2.05, 4.69) is 21.2 Å². The van der Waals surface area contributed by atoms with Crippen molar-refractivity contribution in [1.29, 1.82) is 0 Å². The van der Waals surface area contributed by atoms with Gasteiger partial charge in [0.2, 0.25) is 0 Å². The average Bonchev–Trinajstić information content (AvgIpc) is 2.70. The Kier molecular flexibility index (Phi) is 4.00. The van der Waals surface area contributed by atoms with E-state index in [1.807, 2.05) is 0 Å². The van der Waals surface area contributed by atoms with Gasteiger partial charge < -0.3 is 5.32 Å². The first kappa shape index (κ1) is 13.5. The van der Waals surface area contributed by atoms with Gasteiger partial charge in [0.1, 0.15) is 17.2 Å². The molecule has 5 heteroatoms. The predicted octanol–water partition coefficient (Wildman–Crippen LogP) is 3.32. The fourth-order valence-corrected chi connectivity index (χ4v) is 2.90. The highest BCUT2D eigenvalue weighted by atomic mass is 79.9. The molecule has 2 unspecified atom stereocenters. The summed E-state index contributed by atoms with van der Waals surface area (Å²) in [4.78, 5) is 12.1. The fourth-order valence-electron chi connectivity index (χ4n) is 2.18. The summed E-state index contributed by atoms with van der Waals surface area (Å²) in [6.07, 6.45) is 2.79. The van der Waals surface area contributed by atoms with Gasteiger partial charge >= 0.3 is 0 Å². The molecule has 0 aromatic heterocycles. The van der Waals surface area contributed by atoms with Crippen LogP contribution in [0.4, 0.5) is 8.78 Å². The second-order valence-corrected chi connectivity index (χ2v) is 5.76. The lowest BCUT2D eigenvalue weighted by Gasteiger charge is -2.17. The number of benzene rings is 1. The van der Waals surface area contributed by atoms with Gasteiger partial charge in [0.05, 0.1) is 0 Å². The highest BCUT2D eigenvalue weighted by Crippen LogP contribution is 2.26. The van der Waals surface area contributed by atoms with E-state index in [4.69, 9.17) is 0 Å². The van der Waals surface area contributed by atoms with E-state index in [9.17, 15) is 13.6 Å². The van der Waals surface area contributed by atoms with Crippen molar-refractivity contribution in [3.63, 3.8) is 0 Å². The molecule has 0 heterocycles. The second kappa shape index (κ2) is 5.34. The van der Waals surface area contributed by atoms with E-state index < -0.39 is 23.1 Å². The molecule has 1 amide bonds. The molecule has 1 fully saturated rings. The van der Waals surface area contributed by atoms with Crippen molar-refractivity contribution in [1.82, 2.24) is 5.32 Å². The third-order valence-corrected chi connectivity index (χ3v) is 4.36. The lowest BCUT2D eigenvalue weighted by molar-refractivity contribution is 0.0930. The zero-order valence-corrected chi connectivity index (χ0v) is 11.6. The number of amides is 1. The van der Waals surface area contributed by atoms with Crippen LogP contribution in [0.5, 0.6) is 0 Å². The maximum absolute atomic E-state index is 13.8. The number of hydrogen-bond donors (Lipinski definition) is 1. The minimum Gasteiger partial charge on any atom is -0.348 e. The molecule has 0 bridgehead atoms.